The van der Waals surface area contributed by atoms with Crippen molar-refractivity contribution in [2.45, 2.75) is 6.92 Å². The summed E-state index contributed by atoms with van der Waals surface area (Å²) in [5.41, 5.74) is 6.74. The second-order valence-corrected chi connectivity index (χ2v) is 7.01. The molecule has 0 spiro atoms. The summed E-state index contributed by atoms with van der Waals surface area (Å²) in [4.78, 5) is 20.8. The fraction of sp³-hybridized carbons (Fsp3) is 0.0417. The SMILES string of the molecule is Cc1cccc(-n2[nH]c(=O)cc2-c2ccc3nccc(-c4ccncc4)c3c2)c1. The van der Waals surface area contributed by atoms with Crippen LogP contribution < -0.4 is 5.56 Å². The van der Waals surface area contributed by atoms with E-state index in [-0.39, 0.29) is 5.56 Å². The van der Waals surface area contributed by atoms with Gasteiger partial charge < -0.3 is 0 Å². The van der Waals surface area contributed by atoms with Gasteiger partial charge in [-0.1, -0.05) is 18.2 Å². The molecule has 0 amide bonds. The third-order valence-electron chi connectivity index (χ3n) is 5.02. The molecule has 5 nitrogen and oxygen atoms in total. The van der Waals surface area contributed by atoms with Crippen LogP contribution in [0.3, 0.4) is 0 Å². The summed E-state index contributed by atoms with van der Waals surface area (Å²) < 4.78 is 1.83. The predicted molar refractivity (Wildman–Crippen MR) is 115 cm³/mol. The molecule has 0 aliphatic rings. The minimum absolute atomic E-state index is 0.137. The van der Waals surface area contributed by atoms with Crippen LogP contribution in [0.15, 0.2) is 90.1 Å². The van der Waals surface area contributed by atoms with E-state index in [1.165, 1.54) is 0 Å². The largest absolute Gasteiger partial charge is 0.268 e. The Kier molecular flexibility index (Phi) is 4.06. The fourth-order valence-electron chi connectivity index (χ4n) is 3.66. The lowest BCUT2D eigenvalue weighted by Crippen LogP contribution is -2.04. The van der Waals surface area contributed by atoms with E-state index < -0.39 is 0 Å². The zero-order valence-electron chi connectivity index (χ0n) is 15.8. The molecule has 0 radical (unpaired) electrons. The van der Waals surface area contributed by atoms with Crippen molar-refractivity contribution < 1.29 is 0 Å². The van der Waals surface area contributed by atoms with Gasteiger partial charge in [0.2, 0.25) is 0 Å². The minimum atomic E-state index is -0.137. The zero-order valence-corrected chi connectivity index (χ0v) is 15.8. The summed E-state index contributed by atoms with van der Waals surface area (Å²) in [6, 6.07) is 21.7. The quantitative estimate of drug-likeness (QED) is 0.493. The molecule has 0 atom stereocenters. The molecule has 0 saturated heterocycles. The van der Waals surface area contributed by atoms with Gasteiger partial charge >= 0.3 is 0 Å². The standard InChI is InChI=1S/C24H18N4O/c1-16-3-2-4-19(13-16)28-23(15-24(29)27-28)18-5-6-22-21(14-18)20(9-12-26-22)17-7-10-25-11-8-17/h2-15H,1H3,(H,27,29). The number of aromatic nitrogens is 4. The molecule has 0 aliphatic heterocycles. The van der Waals surface area contributed by atoms with Crippen LogP contribution in [0.1, 0.15) is 5.56 Å². The second kappa shape index (κ2) is 6.87. The second-order valence-electron chi connectivity index (χ2n) is 7.01. The van der Waals surface area contributed by atoms with E-state index in [4.69, 9.17) is 0 Å². The Morgan fingerprint density at radius 2 is 1.72 bits per heavy atom. The van der Waals surface area contributed by atoms with Crippen LogP contribution in [-0.4, -0.2) is 19.7 Å². The van der Waals surface area contributed by atoms with E-state index in [1.54, 1.807) is 18.5 Å². The van der Waals surface area contributed by atoms with Crippen molar-refractivity contribution in [2.24, 2.45) is 0 Å². The fourth-order valence-corrected chi connectivity index (χ4v) is 3.66. The minimum Gasteiger partial charge on any atom is -0.268 e. The molecule has 0 bridgehead atoms. The molecule has 140 valence electrons. The van der Waals surface area contributed by atoms with Gasteiger partial charge in [0, 0.05) is 35.6 Å². The molecule has 3 heterocycles. The van der Waals surface area contributed by atoms with E-state index in [1.807, 2.05) is 72.4 Å². The Labute approximate surface area is 167 Å². The third-order valence-corrected chi connectivity index (χ3v) is 5.02. The molecule has 0 fully saturated rings. The number of nitrogens with zero attached hydrogens (tertiary/aromatic N) is 3. The Balaban J connectivity index is 1.72. The third kappa shape index (κ3) is 3.12. The normalized spacial score (nSPS) is 11.1. The van der Waals surface area contributed by atoms with Crippen molar-refractivity contribution in [3.8, 4) is 28.1 Å². The molecule has 29 heavy (non-hydrogen) atoms. The summed E-state index contributed by atoms with van der Waals surface area (Å²) in [6.07, 6.45) is 5.39. The number of benzene rings is 2. The van der Waals surface area contributed by atoms with Gasteiger partial charge in [-0.3, -0.25) is 24.5 Å². The van der Waals surface area contributed by atoms with E-state index >= 15 is 0 Å². The van der Waals surface area contributed by atoms with E-state index in [0.717, 1.165) is 44.5 Å². The number of hydrogen-bond donors (Lipinski definition) is 1. The Morgan fingerprint density at radius 1 is 0.862 bits per heavy atom. The lowest BCUT2D eigenvalue weighted by atomic mass is 9.99. The molecule has 3 aromatic heterocycles. The number of rotatable bonds is 3. The Hall–Kier alpha value is -3.99. The molecule has 0 unspecified atom stereocenters. The molecular formula is C24H18N4O. The molecular weight excluding hydrogens is 360 g/mol. The van der Waals surface area contributed by atoms with Gasteiger partial charge in [0.25, 0.3) is 5.56 Å². The number of fused-ring (bicyclic) bond motifs is 1. The molecule has 2 aromatic carbocycles. The highest BCUT2D eigenvalue weighted by Crippen LogP contribution is 2.31. The lowest BCUT2D eigenvalue weighted by molar-refractivity contribution is 0.870. The summed E-state index contributed by atoms with van der Waals surface area (Å²) in [7, 11) is 0. The van der Waals surface area contributed by atoms with Gasteiger partial charge in [0.15, 0.2) is 0 Å². The smallest absolute Gasteiger partial charge is 0.265 e. The van der Waals surface area contributed by atoms with Crippen LogP contribution in [0.2, 0.25) is 0 Å². The topological polar surface area (TPSA) is 63.6 Å². The highest BCUT2D eigenvalue weighted by molar-refractivity contribution is 5.96. The van der Waals surface area contributed by atoms with Gasteiger partial charge in [-0.25, -0.2) is 0 Å². The molecule has 1 N–H and O–H groups in total. The molecule has 0 saturated carbocycles. The average molecular weight is 378 g/mol. The molecule has 5 rings (SSSR count). The van der Waals surface area contributed by atoms with Crippen LogP contribution in [0, 0.1) is 6.92 Å². The first-order valence-electron chi connectivity index (χ1n) is 9.38. The molecule has 0 aliphatic carbocycles. The highest BCUT2D eigenvalue weighted by Gasteiger charge is 2.12. The van der Waals surface area contributed by atoms with Crippen LogP contribution in [0.5, 0.6) is 0 Å². The van der Waals surface area contributed by atoms with Crippen molar-refractivity contribution in [2.75, 3.05) is 0 Å². The van der Waals surface area contributed by atoms with Gasteiger partial charge in [-0.15, -0.1) is 0 Å². The van der Waals surface area contributed by atoms with E-state index in [2.05, 4.69) is 21.1 Å². The Morgan fingerprint density at radius 3 is 2.55 bits per heavy atom. The van der Waals surface area contributed by atoms with Crippen LogP contribution in [-0.2, 0) is 0 Å². The van der Waals surface area contributed by atoms with Gasteiger partial charge in [-0.05, 0) is 66.1 Å². The summed E-state index contributed by atoms with van der Waals surface area (Å²) in [6.45, 7) is 2.04. The van der Waals surface area contributed by atoms with Gasteiger partial charge in [0.05, 0.1) is 16.9 Å². The summed E-state index contributed by atoms with van der Waals surface area (Å²) in [5, 5.41) is 3.95. The van der Waals surface area contributed by atoms with E-state index in [9.17, 15) is 4.79 Å². The van der Waals surface area contributed by atoms with Crippen molar-refractivity contribution in [3.63, 3.8) is 0 Å². The first-order valence-corrected chi connectivity index (χ1v) is 9.38. The predicted octanol–water partition coefficient (Wildman–Crippen LogP) is 4.75. The lowest BCUT2D eigenvalue weighted by Gasteiger charge is -2.11. The monoisotopic (exact) mass is 378 g/mol. The zero-order chi connectivity index (χ0) is 19.8. The van der Waals surface area contributed by atoms with Crippen LogP contribution in [0.25, 0.3) is 39.0 Å². The van der Waals surface area contributed by atoms with Crippen molar-refractivity contribution in [3.05, 3.63) is 101 Å². The van der Waals surface area contributed by atoms with Crippen LogP contribution >= 0.6 is 0 Å². The van der Waals surface area contributed by atoms with Crippen molar-refractivity contribution >= 4 is 10.9 Å². The average Bonchev–Trinajstić information content (AvgIpc) is 3.15. The maximum atomic E-state index is 12.2. The highest BCUT2D eigenvalue weighted by atomic mass is 16.1. The number of H-pyrrole nitrogens is 1. The van der Waals surface area contributed by atoms with Gasteiger partial charge in [0.1, 0.15) is 0 Å². The number of pyridine rings is 2. The Bertz CT molecular complexity index is 1380. The van der Waals surface area contributed by atoms with Crippen molar-refractivity contribution in [1.29, 1.82) is 0 Å². The molecule has 5 heteroatoms. The number of aromatic amines is 1. The number of hydrogen-bond acceptors (Lipinski definition) is 3. The van der Waals surface area contributed by atoms with Crippen molar-refractivity contribution in [1.82, 2.24) is 19.7 Å². The van der Waals surface area contributed by atoms with Gasteiger partial charge in [-0.2, -0.15) is 0 Å². The maximum Gasteiger partial charge on any atom is 0.265 e. The summed E-state index contributed by atoms with van der Waals surface area (Å²) >= 11 is 0. The number of aryl methyl sites for hydroxylation is 1. The molecule has 5 aromatic rings. The first-order chi connectivity index (χ1) is 14.2. The van der Waals surface area contributed by atoms with Crippen LogP contribution in [0.4, 0.5) is 0 Å². The number of nitrogens with one attached hydrogen (secondary N) is 1. The van der Waals surface area contributed by atoms with E-state index in [0.29, 0.717) is 0 Å². The first kappa shape index (κ1) is 17.1. The summed E-state index contributed by atoms with van der Waals surface area (Å²) in [5.74, 6) is 0. The maximum absolute atomic E-state index is 12.2.